The Morgan fingerprint density at radius 3 is 2.71 bits per heavy atom. The smallest absolute Gasteiger partial charge is 0.317 e. The van der Waals surface area contributed by atoms with Crippen LogP contribution in [-0.4, -0.2) is 53.1 Å². The molecule has 0 unspecified atom stereocenters. The molecular weight excluding hydrogens is 264 g/mol. The van der Waals surface area contributed by atoms with E-state index in [4.69, 9.17) is 5.11 Å². The lowest BCUT2D eigenvalue weighted by Gasteiger charge is -2.27. The number of carboxylic acid groups (broad SMARTS) is 1. The van der Waals surface area contributed by atoms with E-state index in [0.29, 0.717) is 5.92 Å². The maximum Gasteiger partial charge on any atom is 0.317 e. The normalized spacial score (nSPS) is 19.5. The molecular formula is C17H26N2O2. The summed E-state index contributed by atoms with van der Waals surface area (Å²) >= 11 is 0. The topological polar surface area (TPSA) is 43.8 Å². The van der Waals surface area contributed by atoms with Gasteiger partial charge in [-0.25, -0.2) is 0 Å². The molecule has 1 heterocycles. The van der Waals surface area contributed by atoms with Crippen molar-refractivity contribution in [1.29, 1.82) is 0 Å². The first-order valence-corrected chi connectivity index (χ1v) is 7.76. The summed E-state index contributed by atoms with van der Waals surface area (Å²) in [5.41, 5.74) is 1.35. The second kappa shape index (κ2) is 7.57. The van der Waals surface area contributed by atoms with Crippen LogP contribution in [0.5, 0.6) is 0 Å². The zero-order valence-electron chi connectivity index (χ0n) is 13.0. The quantitative estimate of drug-likeness (QED) is 0.837. The minimum atomic E-state index is -0.733. The van der Waals surface area contributed by atoms with Crippen LogP contribution in [0.25, 0.3) is 0 Å². The zero-order valence-corrected chi connectivity index (χ0v) is 13.0. The molecule has 1 aromatic rings. The molecule has 4 nitrogen and oxygen atoms in total. The average Bonchev–Trinajstić information content (AvgIpc) is 2.86. The first-order chi connectivity index (χ1) is 10.0. The molecule has 0 saturated carbocycles. The highest BCUT2D eigenvalue weighted by molar-refractivity contribution is 5.69. The minimum Gasteiger partial charge on any atom is -0.480 e. The molecule has 0 aromatic heterocycles. The lowest BCUT2D eigenvalue weighted by molar-refractivity contribution is -0.138. The average molecular weight is 290 g/mol. The Balaban J connectivity index is 1.82. The van der Waals surface area contributed by atoms with Crippen molar-refractivity contribution in [1.82, 2.24) is 9.80 Å². The highest BCUT2D eigenvalue weighted by atomic mass is 16.4. The predicted molar refractivity (Wildman–Crippen MR) is 84.2 cm³/mol. The molecule has 116 valence electrons. The standard InChI is InChI=1S/C17H26N2O2/c1-14(2)19(13-17(20)21)12-16-8-9-18(11-16)10-15-6-4-3-5-7-15/h3-7,14,16H,8-13H2,1-2H3,(H,20,21)/t16-/m0/s1. The summed E-state index contributed by atoms with van der Waals surface area (Å²) in [5.74, 6) is -0.154. The van der Waals surface area contributed by atoms with E-state index in [9.17, 15) is 4.79 Å². The van der Waals surface area contributed by atoms with E-state index in [0.717, 1.165) is 32.6 Å². The molecule has 1 aliphatic heterocycles. The highest BCUT2D eigenvalue weighted by Crippen LogP contribution is 2.20. The van der Waals surface area contributed by atoms with Crippen LogP contribution in [0.4, 0.5) is 0 Å². The van der Waals surface area contributed by atoms with Crippen LogP contribution >= 0.6 is 0 Å². The summed E-state index contributed by atoms with van der Waals surface area (Å²) in [6.07, 6.45) is 1.16. The Morgan fingerprint density at radius 1 is 1.38 bits per heavy atom. The van der Waals surface area contributed by atoms with E-state index >= 15 is 0 Å². The summed E-state index contributed by atoms with van der Waals surface area (Å²) in [7, 11) is 0. The molecule has 21 heavy (non-hydrogen) atoms. The van der Waals surface area contributed by atoms with Gasteiger partial charge in [-0.15, -0.1) is 0 Å². The van der Waals surface area contributed by atoms with Crippen molar-refractivity contribution >= 4 is 5.97 Å². The summed E-state index contributed by atoms with van der Waals surface area (Å²) < 4.78 is 0. The van der Waals surface area contributed by atoms with E-state index in [1.165, 1.54) is 5.56 Å². The van der Waals surface area contributed by atoms with E-state index in [1.54, 1.807) is 0 Å². The molecule has 0 bridgehead atoms. The molecule has 2 rings (SSSR count). The Morgan fingerprint density at radius 2 is 2.10 bits per heavy atom. The maximum absolute atomic E-state index is 10.9. The van der Waals surface area contributed by atoms with Gasteiger partial charge in [0.05, 0.1) is 6.54 Å². The van der Waals surface area contributed by atoms with Crippen LogP contribution in [0.1, 0.15) is 25.8 Å². The van der Waals surface area contributed by atoms with Crippen molar-refractivity contribution < 1.29 is 9.90 Å². The summed E-state index contributed by atoms with van der Waals surface area (Å²) in [4.78, 5) is 15.5. The van der Waals surface area contributed by atoms with Crippen LogP contribution in [0.15, 0.2) is 30.3 Å². The van der Waals surface area contributed by atoms with Crippen LogP contribution < -0.4 is 0 Å². The minimum absolute atomic E-state index is 0.146. The van der Waals surface area contributed by atoms with Gasteiger partial charge in [0.2, 0.25) is 0 Å². The van der Waals surface area contributed by atoms with Gasteiger partial charge >= 0.3 is 5.97 Å². The molecule has 1 fully saturated rings. The van der Waals surface area contributed by atoms with Gasteiger partial charge in [0.15, 0.2) is 0 Å². The van der Waals surface area contributed by atoms with Gasteiger partial charge in [-0.05, 0) is 38.3 Å². The number of hydrogen-bond acceptors (Lipinski definition) is 3. The third-order valence-electron chi connectivity index (χ3n) is 4.18. The van der Waals surface area contributed by atoms with Crippen LogP contribution in [-0.2, 0) is 11.3 Å². The van der Waals surface area contributed by atoms with Gasteiger partial charge in [0.1, 0.15) is 0 Å². The third-order valence-corrected chi connectivity index (χ3v) is 4.18. The first-order valence-electron chi connectivity index (χ1n) is 7.76. The van der Waals surface area contributed by atoms with Crippen molar-refractivity contribution in [3.05, 3.63) is 35.9 Å². The molecule has 1 atom stereocenters. The van der Waals surface area contributed by atoms with Crippen molar-refractivity contribution in [3.63, 3.8) is 0 Å². The summed E-state index contributed by atoms with van der Waals surface area (Å²) in [6, 6.07) is 10.8. The van der Waals surface area contributed by atoms with Gasteiger partial charge in [0.25, 0.3) is 0 Å². The first kappa shape index (κ1) is 16.0. The van der Waals surface area contributed by atoms with E-state index in [2.05, 4.69) is 47.9 Å². The third kappa shape index (κ3) is 5.14. The second-order valence-electron chi connectivity index (χ2n) is 6.29. The SMILES string of the molecule is CC(C)N(CC(=O)O)C[C@H]1CCN(Cc2ccccc2)C1. The summed E-state index contributed by atoms with van der Waals surface area (Å²) in [6.45, 7) is 8.34. The lowest BCUT2D eigenvalue weighted by atomic mass is 10.1. The van der Waals surface area contributed by atoms with Gasteiger partial charge < -0.3 is 5.11 Å². The number of rotatable bonds is 7. The fourth-order valence-corrected chi connectivity index (χ4v) is 3.01. The van der Waals surface area contributed by atoms with E-state index < -0.39 is 5.97 Å². The largest absolute Gasteiger partial charge is 0.480 e. The van der Waals surface area contributed by atoms with Crippen LogP contribution in [0, 0.1) is 5.92 Å². The number of benzene rings is 1. The number of hydrogen-bond donors (Lipinski definition) is 1. The predicted octanol–water partition coefficient (Wildman–Crippen LogP) is 2.30. The van der Waals surface area contributed by atoms with Crippen molar-refractivity contribution in [2.75, 3.05) is 26.2 Å². The fourth-order valence-electron chi connectivity index (χ4n) is 3.01. The number of carboxylic acids is 1. The second-order valence-corrected chi connectivity index (χ2v) is 6.29. The molecule has 0 amide bonds. The van der Waals surface area contributed by atoms with E-state index in [-0.39, 0.29) is 12.6 Å². The van der Waals surface area contributed by atoms with Crippen LogP contribution in [0.2, 0.25) is 0 Å². The Kier molecular flexibility index (Phi) is 5.76. The van der Waals surface area contributed by atoms with E-state index in [1.807, 2.05) is 6.07 Å². The van der Waals surface area contributed by atoms with Crippen molar-refractivity contribution in [2.45, 2.75) is 32.9 Å². The molecule has 4 heteroatoms. The number of nitrogens with zero attached hydrogens (tertiary/aromatic N) is 2. The number of carbonyl (C=O) groups is 1. The molecule has 1 N–H and O–H groups in total. The molecule has 0 aliphatic carbocycles. The number of aliphatic carboxylic acids is 1. The van der Waals surface area contributed by atoms with Gasteiger partial charge in [-0.2, -0.15) is 0 Å². The lowest BCUT2D eigenvalue weighted by Crippen LogP contribution is -2.39. The Labute approximate surface area is 127 Å². The molecule has 0 radical (unpaired) electrons. The fraction of sp³-hybridized carbons (Fsp3) is 0.588. The highest BCUT2D eigenvalue weighted by Gasteiger charge is 2.26. The molecule has 0 spiro atoms. The van der Waals surface area contributed by atoms with Gasteiger partial charge in [-0.3, -0.25) is 14.6 Å². The summed E-state index contributed by atoms with van der Waals surface area (Å²) in [5, 5.41) is 9.00. The maximum atomic E-state index is 10.9. The van der Waals surface area contributed by atoms with Gasteiger partial charge in [-0.1, -0.05) is 30.3 Å². The van der Waals surface area contributed by atoms with Crippen molar-refractivity contribution in [3.8, 4) is 0 Å². The van der Waals surface area contributed by atoms with Gasteiger partial charge in [0, 0.05) is 25.7 Å². The number of likely N-dealkylation sites (tertiary alicyclic amines) is 1. The Hall–Kier alpha value is -1.39. The zero-order chi connectivity index (χ0) is 15.2. The molecule has 1 aliphatic rings. The monoisotopic (exact) mass is 290 g/mol. The Bertz CT molecular complexity index is 447. The molecule has 1 aromatic carbocycles. The van der Waals surface area contributed by atoms with Crippen molar-refractivity contribution in [2.24, 2.45) is 5.92 Å². The molecule has 1 saturated heterocycles. The van der Waals surface area contributed by atoms with Crippen LogP contribution in [0.3, 0.4) is 0 Å².